The summed E-state index contributed by atoms with van der Waals surface area (Å²) >= 11 is 3.74. The third-order valence-corrected chi connectivity index (χ3v) is 2.87. The fraction of sp³-hybridized carbons (Fsp3) is 0.286. The summed E-state index contributed by atoms with van der Waals surface area (Å²) in [4.78, 5) is 3.83. The maximum atomic E-state index is 12.4. The molecule has 1 aromatic rings. The Morgan fingerprint density at radius 2 is 2.08 bits per heavy atom. The van der Waals surface area contributed by atoms with Gasteiger partial charge in [0.05, 0.1) is 17.9 Å². The van der Waals surface area contributed by atoms with Gasteiger partial charge in [-0.2, -0.15) is 0 Å². The molecule has 0 saturated heterocycles. The number of halogens is 4. The summed E-state index contributed by atoms with van der Waals surface area (Å²) in [7, 11) is 0. The van der Waals surface area contributed by atoms with Gasteiger partial charge in [0.1, 0.15) is 3.70 Å². The van der Waals surface area contributed by atoms with Gasteiger partial charge in [0.25, 0.3) is 6.43 Å². The molecule has 1 heterocycles. The van der Waals surface area contributed by atoms with E-state index in [1.165, 1.54) is 0 Å². The maximum Gasteiger partial charge on any atom is 0.266 e. The van der Waals surface area contributed by atoms with Crippen LogP contribution in [0.4, 0.5) is 8.78 Å². The number of aliphatic hydroxyl groups is 1. The lowest BCUT2D eigenvalue weighted by molar-refractivity contribution is 0.145. The van der Waals surface area contributed by atoms with E-state index < -0.39 is 13.0 Å². The van der Waals surface area contributed by atoms with Crippen molar-refractivity contribution in [1.82, 2.24) is 4.98 Å². The first-order valence-electron chi connectivity index (χ1n) is 3.30. The highest BCUT2D eigenvalue weighted by atomic mass is 127. The van der Waals surface area contributed by atoms with Crippen molar-refractivity contribution < 1.29 is 13.9 Å². The molecular weight excluding hydrogens is 406 g/mol. The molecule has 0 aromatic carbocycles. The molecule has 1 aromatic heterocycles. The maximum absolute atomic E-state index is 12.4. The average Bonchev–Trinajstić information content (AvgIpc) is 2.01. The minimum atomic E-state index is -2.58. The van der Waals surface area contributed by atoms with Crippen LogP contribution in [0.2, 0.25) is 0 Å². The Morgan fingerprint density at radius 3 is 2.54 bits per heavy atom. The molecule has 1 N–H and O–H groups in total. The van der Waals surface area contributed by atoms with E-state index in [0.29, 0.717) is 7.27 Å². The van der Waals surface area contributed by atoms with Gasteiger partial charge in [0.15, 0.2) is 0 Å². The van der Waals surface area contributed by atoms with Gasteiger partial charge in [-0.25, -0.2) is 13.8 Å². The number of hydrogen-bond donors (Lipinski definition) is 1. The van der Waals surface area contributed by atoms with Gasteiger partial charge in [-0.3, -0.25) is 0 Å². The molecule has 2 nitrogen and oxygen atoms in total. The molecule has 0 radical (unpaired) electrons. The molecule has 1 rings (SSSR count). The minimum absolute atomic E-state index is 0.0614. The Kier molecular flexibility index (Phi) is 4.23. The molecule has 0 saturated carbocycles. The molecule has 0 fully saturated rings. The van der Waals surface area contributed by atoms with Crippen molar-refractivity contribution >= 4 is 45.2 Å². The highest BCUT2D eigenvalue weighted by Crippen LogP contribution is 2.28. The Hall–Kier alpha value is 0.430. The van der Waals surface area contributed by atoms with Gasteiger partial charge in [-0.05, 0) is 51.2 Å². The first kappa shape index (κ1) is 11.5. The summed E-state index contributed by atoms with van der Waals surface area (Å²) < 4.78 is 25.9. The van der Waals surface area contributed by atoms with E-state index in [9.17, 15) is 8.78 Å². The van der Waals surface area contributed by atoms with E-state index in [1.54, 1.807) is 6.07 Å². The quantitative estimate of drug-likeness (QED) is 0.600. The average molecular weight is 411 g/mol. The highest BCUT2D eigenvalue weighted by molar-refractivity contribution is 14.1. The lowest BCUT2D eigenvalue weighted by Gasteiger charge is -2.08. The first-order valence-corrected chi connectivity index (χ1v) is 5.45. The number of pyridine rings is 1. The van der Waals surface area contributed by atoms with E-state index in [-0.39, 0.29) is 11.3 Å². The van der Waals surface area contributed by atoms with Gasteiger partial charge in [-0.1, -0.05) is 0 Å². The van der Waals surface area contributed by atoms with Crippen LogP contribution in [0.3, 0.4) is 0 Å². The lowest BCUT2D eigenvalue weighted by atomic mass is 10.2. The topological polar surface area (TPSA) is 33.1 Å². The van der Waals surface area contributed by atoms with Gasteiger partial charge in [0, 0.05) is 3.57 Å². The van der Waals surface area contributed by atoms with Crippen LogP contribution in [-0.4, -0.2) is 10.1 Å². The third kappa shape index (κ3) is 2.69. The Bertz CT molecular complexity index is 320. The monoisotopic (exact) mass is 411 g/mol. The lowest BCUT2D eigenvalue weighted by Crippen LogP contribution is -2.03. The molecule has 0 aliphatic carbocycles. The predicted octanol–water partition coefficient (Wildman–Crippen LogP) is 2.72. The van der Waals surface area contributed by atoms with Gasteiger partial charge >= 0.3 is 0 Å². The van der Waals surface area contributed by atoms with Crippen molar-refractivity contribution in [3.05, 3.63) is 24.6 Å². The summed E-state index contributed by atoms with van der Waals surface area (Å²) in [6.45, 7) is -0.452. The standard InChI is InChI=1S/C7H5F2I2NO/c8-7(9)6-3(10)1-5(11)12-4(6)2-13/h1,7,13H,2H2. The van der Waals surface area contributed by atoms with E-state index in [4.69, 9.17) is 5.11 Å². The minimum Gasteiger partial charge on any atom is -0.390 e. The summed E-state index contributed by atoms with van der Waals surface area (Å²) in [5.74, 6) is 0. The second-order valence-corrected chi connectivity index (χ2v) is 4.51. The van der Waals surface area contributed by atoms with E-state index in [0.717, 1.165) is 0 Å². The summed E-state index contributed by atoms with van der Waals surface area (Å²) in [5.41, 5.74) is -0.102. The number of alkyl halides is 2. The van der Waals surface area contributed by atoms with Crippen LogP contribution >= 0.6 is 45.2 Å². The molecule has 13 heavy (non-hydrogen) atoms. The number of hydrogen-bond acceptors (Lipinski definition) is 2. The van der Waals surface area contributed by atoms with Crippen molar-refractivity contribution in [3.63, 3.8) is 0 Å². The largest absolute Gasteiger partial charge is 0.390 e. The second-order valence-electron chi connectivity index (χ2n) is 2.25. The molecular formula is C7H5F2I2NO. The fourth-order valence-electron chi connectivity index (χ4n) is 0.892. The molecule has 6 heteroatoms. The van der Waals surface area contributed by atoms with Gasteiger partial charge in [-0.15, -0.1) is 0 Å². The van der Waals surface area contributed by atoms with Crippen molar-refractivity contribution in [2.45, 2.75) is 13.0 Å². The van der Waals surface area contributed by atoms with E-state index in [2.05, 4.69) is 4.98 Å². The van der Waals surface area contributed by atoms with E-state index >= 15 is 0 Å². The predicted molar refractivity (Wildman–Crippen MR) is 60.6 cm³/mol. The van der Waals surface area contributed by atoms with Crippen LogP contribution in [0.5, 0.6) is 0 Å². The summed E-state index contributed by atoms with van der Waals surface area (Å²) in [5, 5.41) is 8.81. The zero-order valence-electron chi connectivity index (χ0n) is 6.27. The van der Waals surface area contributed by atoms with Crippen LogP contribution in [-0.2, 0) is 6.61 Å². The highest BCUT2D eigenvalue weighted by Gasteiger charge is 2.18. The van der Waals surface area contributed by atoms with Crippen LogP contribution in [0.25, 0.3) is 0 Å². The molecule has 0 aliphatic rings. The van der Waals surface area contributed by atoms with Gasteiger partial charge < -0.3 is 5.11 Å². The van der Waals surface area contributed by atoms with Gasteiger partial charge in [0.2, 0.25) is 0 Å². The zero-order chi connectivity index (χ0) is 10.0. The first-order chi connectivity index (χ1) is 6.06. The summed E-state index contributed by atoms with van der Waals surface area (Å²) in [6.07, 6.45) is -2.58. The van der Waals surface area contributed by atoms with Crippen molar-refractivity contribution in [2.75, 3.05) is 0 Å². The molecule has 0 atom stereocenters. The third-order valence-electron chi connectivity index (χ3n) is 1.42. The molecule has 0 bridgehead atoms. The summed E-state index contributed by atoms with van der Waals surface area (Å²) in [6, 6.07) is 1.56. The molecule has 0 aliphatic heterocycles. The van der Waals surface area contributed by atoms with Crippen LogP contribution in [0.15, 0.2) is 6.07 Å². The molecule has 0 unspecified atom stereocenters. The second kappa shape index (κ2) is 4.78. The number of nitrogens with zero attached hydrogens (tertiary/aromatic N) is 1. The Morgan fingerprint density at radius 1 is 1.46 bits per heavy atom. The number of aliphatic hydroxyl groups excluding tert-OH is 1. The molecule has 72 valence electrons. The van der Waals surface area contributed by atoms with Crippen LogP contribution in [0, 0.1) is 7.27 Å². The van der Waals surface area contributed by atoms with Crippen molar-refractivity contribution in [3.8, 4) is 0 Å². The fourth-order valence-corrected chi connectivity index (χ4v) is 2.93. The number of aromatic nitrogens is 1. The zero-order valence-corrected chi connectivity index (χ0v) is 10.6. The SMILES string of the molecule is OCc1nc(I)cc(I)c1C(F)F. The normalized spacial score (nSPS) is 10.9. The smallest absolute Gasteiger partial charge is 0.266 e. The molecule has 0 amide bonds. The van der Waals surface area contributed by atoms with Crippen molar-refractivity contribution in [2.24, 2.45) is 0 Å². The number of rotatable bonds is 2. The Balaban J connectivity index is 3.30. The van der Waals surface area contributed by atoms with Crippen molar-refractivity contribution in [1.29, 1.82) is 0 Å². The van der Waals surface area contributed by atoms with Crippen LogP contribution in [0.1, 0.15) is 17.7 Å². The molecule has 0 spiro atoms. The van der Waals surface area contributed by atoms with E-state index in [1.807, 2.05) is 45.2 Å². The Labute approximate surface area is 101 Å². The van der Waals surface area contributed by atoms with Crippen LogP contribution < -0.4 is 0 Å².